The molecule has 19 heavy (non-hydrogen) atoms. The van der Waals surface area contributed by atoms with E-state index in [9.17, 15) is 0 Å². The zero-order chi connectivity index (χ0) is 13.7. The Bertz CT molecular complexity index is 563. The number of ether oxygens (including phenoxy) is 1. The lowest BCUT2D eigenvalue weighted by Gasteiger charge is -2.10. The monoisotopic (exact) mass is 340 g/mol. The molecule has 5 heteroatoms. The Labute approximate surface area is 126 Å². The van der Waals surface area contributed by atoms with Crippen molar-refractivity contribution in [3.63, 3.8) is 0 Å². The fourth-order valence-electron chi connectivity index (χ4n) is 1.74. The van der Waals surface area contributed by atoms with Gasteiger partial charge in [-0.15, -0.1) is 0 Å². The first-order chi connectivity index (χ1) is 9.20. The van der Waals surface area contributed by atoms with Crippen molar-refractivity contribution in [2.45, 2.75) is 26.4 Å². The molecule has 1 heterocycles. The molecule has 0 saturated heterocycles. The summed E-state index contributed by atoms with van der Waals surface area (Å²) in [6.45, 7) is 2.55. The van der Waals surface area contributed by atoms with Crippen LogP contribution in [0.1, 0.15) is 24.5 Å². The van der Waals surface area contributed by atoms with Crippen LogP contribution in [0.3, 0.4) is 0 Å². The topological polar surface area (TPSA) is 35.0 Å². The highest BCUT2D eigenvalue weighted by atomic mass is 79.9. The van der Waals surface area contributed by atoms with E-state index in [2.05, 4.69) is 32.8 Å². The van der Waals surface area contributed by atoms with Gasteiger partial charge in [0.05, 0.1) is 5.56 Å². The summed E-state index contributed by atoms with van der Waals surface area (Å²) < 4.78 is 6.79. The van der Waals surface area contributed by atoms with Crippen LogP contribution in [0.2, 0.25) is 5.15 Å². The van der Waals surface area contributed by atoms with E-state index in [-0.39, 0.29) is 0 Å². The number of halogens is 2. The molecule has 2 aromatic rings. The van der Waals surface area contributed by atoms with Crippen LogP contribution in [0.15, 0.2) is 35.1 Å². The van der Waals surface area contributed by atoms with Crippen LogP contribution in [0.5, 0.6) is 5.88 Å². The van der Waals surface area contributed by atoms with Crippen LogP contribution in [0, 0.1) is 0 Å². The molecule has 1 aromatic heterocycles. The van der Waals surface area contributed by atoms with Crippen LogP contribution >= 0.6 is 27.5 Å². The van der Waals surface area contributed by atoms with Gasteiger partial charge in [-0.25, -0.2) is 9.97 Å². The second-order valence-electron chi connectivity index (χ2n) is 4.12. The van der Waals surface area contributed by atoms with E-state index in [0.29, 0.717) is 17.6 Å². The molecular formula is C14H14BrClN2O. The fourth-order valence-corrected chi connectivity index (χ4v) is 2.40. The zero-order valence-corrected chi connectivity index (χ0v) is 12.9. The van der Waals surface area contributed by atoms with Gasteiger partial charge in [-0.05, 0) is 24.1 Å². The van der Waals surface area contributed by atoms with E-state index in [0.717, 1.165) is 28.4 Å². The highest BCUT2D eigenvalue weighted by Gasteiger charge is 2.10. The summed E-state index contributed by atoms with van der Waals surface area (Å²) in [5.74, 6) is 0.571. The summed E-state index contributed by atoms with van der Waals surface area (Å²) in [5, 5.41) is 0.473. The molecule has 0 aliphatic carbocycles. The predicted molar refractivity (Wildman–Crippen MR) is 79.5 cm³/mol. The van der Waals surface area contributed by atoms with E-state index in [1.165, 1.54) is 6.33 Å². The molecule has 0 N–H and O–H groups in total. The third kappa shape index (κ3) is 3.91. The average molecular weight is 342 g/mol. The smallest absolute Gasteiger partial charge is 0.221 e. The maximum Gasteiger partial charge on any atom is 0.221 e. The molecule has 0 radical (unpaired) electrons. The van der Waals surface area contributed by atoms with Crippen molar-refractivity contribution in [1.82, 2.24) is 9.97 Å². The number of benzene rings is 1. The molecule has 3 nitrogen and oxygen atoms in total. The highest BCUT2D eigenvalue weighted by molar-refractivity contribution is 9.10. The van der Waals surface area contributed by atoms with Gasteiger partial charge in [0.2, 0.25) is 5.88 Å². The van der Waals surface area contributed by atoms with Crippen molar-refractivity contribution in [3.05, 3.63) is 51.3 Å². The molecule has 0 saturated carbocycles. The van der Waals surface area contributed by atoms with Gasteiger partial charge in [-0.2, -0.15) is 0 Å². The van der Waals surface area contributed by atoms with Crippen LogP contribution in [0.4, 0.5) is 0 Å². The van der Waals surface area contributed by atoms with Crippen molar-refractivity contribution in [2.75, 3.05) is 0 Å². The quantitative estimate of drug-likeness (QED) is 0.755. The molecule has 0 unspecified atom stereocenters. The number of nitrogens with zero attached hydrogens (tertiary/aromatic N) is 2. The molecule has 100 valence electrons. The summed E-state index contributed by atoms with van der Waals surface area (Å²) in [7, 11) is 0. The minimum atomic E-state index is 0.462. The number of hydrogen-bond donors (Lipinski definition) is 0. The van der Waals surface area contributed by atoms with Gasteiger partial charge in [0.15, 0.2) is 0 Å². The maximum absolute atomic E-state index is 6.08. The van der Waals surface area contributed by atoms with Crippen LogP contribution in [-0.2, 0) is 13.0 Å². The third-order valence-corrected chi connectivity index (χ3v) is 3.44. The first-order valence-electron chi connectivity index (χ1n) is 6.07. The molecule has 0 spiro atoms. The van der Waals surface area contributed by atoms with Gasteiger partial charge in [-0.1, -0.05) is 53.0 Å². The van der Waals surface area contributed by atoms with Gasteiger partial charge < -0.3 is 4.74 Å². The first kappa shape index (κ1) is 14.3. The van der Waals surface area contributed by atoms with Crippen LogP contribution < -0.4 is 4.74 Å². The van der Waals surface area contributed by atoms with Crippen LogP contribution in [0.25, 0.3) is 0 Å². The second-order valence-corrected chi connectivity index (χ2v) is 5.39. The Balaban J connectivity index is 2.13. The Morgan fingerprint density at radius 1 is 1.32 bits per heavy atom. The summed E-state index contributed by atoms with van der Waals surface area (Å²) in [4.78, 5) is 8.16. The maximum atomic E-state index is 6.08. The normalized spacial score (nSPS) is 10.5. The summed E-state index contributed by atoms with van der Waals surface area (Å²) in [5.41, 5.74) is 1.95. The van der Waals surface area contributed by atoms with Gasteiger partial charge in [0.1, 0.15) is 18.1 Å². The summed E-state index contributed by atoms with van der Waals surface area (Å²) in [6.07, 6.45) is 3.21. The standard InChI is InChI=1S/C14H14BrClN2O/c1-2-4-12-13(16)17-9-18-14(12)19-8-10-5-3-6-11(15)7-10/h3,5-7,9H,2,4,8H2,1H3. The molecule has 2 rings (SSSR count). The second kappa shape index (κ2) is 6.87. The Morgan fingerprint density at radius 2 is 2.16 bits per heavy atom. The first-order valence-corrected chi connectivity index (χ1v) is 7.24. The SMILES string of the molecule is CCCc1c(Cl)ncnc1OCc1cccc(Br)c1. The Morgan fingerprint density at radius 3 is 2.89 bits per heavy atom. The van der Waals surface area contributed by atoms with Crippen LogP contribution in [-0.4, -0.2) is 9.97 Å². The van der Waals surface area contributed by atoms with E-state index >= 15 is 0 Å². The van der Waals surface area contributed by atoms with E-state index in [1.54, 1.807) is 0 Å². The molecule has 0 bridgehead atoms. The van der Waals surface area contributed by atoms with Gasteiger partial charge in [0, 0.05) is 4.47 Å². The van der Waals surface area contributed by atoms with Gasteiger partial charge in [-0.3, -0.25) is 0 Å². The molecule has 1 aromatic carbocycles. The number of rotatable bonds is 5. The largest absolute Gasteiger partial charge is 0.472 e. The minimum absolute atomic E-state index is 0.462. The molecule has 0 amide bonds. The summed E-state index contributed by atoms with van der Waals surface area (Å²) in [6, 6.07) is 7.98. The van der Waals surface area contributed by atoms with E-state index < -0.39 is 0 Å². The lowest BCUT2D eigenvalue weighted by molar-refractivity contribution is 0.289. The third-order valence-electron chi connectivity index (χ3n) is 2.62. The lowest BCUT2D eigenvalue weighted by atomic mass is 10.2. The van der Waals surface area contributed by atoms with Gasteiger partial charge in [0.25, 0.3) is 0 Å². The number of aromatic nitrogens is 2. The minimum Gasteiger partial charge on any atom is -0.472 e. The van der Waals surface area contributed by atoms with E-state index in [1.807, 2.05) is 24.3 Å². The Kier molecular flexibility index (Phi) is 5.16. The molecule has 0 aliphatic rings. The fraction of sp³-hybridized carbons (Fsp3) is 0.286. The molecule has 0 aliphatic heterocycles. The summed E-state index contributed by atoms with van der Waals surface area (Å²) >= 11 is 9.51. The zero-order valence-electron chi connectivity index (χ0n) is 10.6. The van der Waals surface area contributed by atoms with E-state index in [4.69, 9.17) is 16.3 Å². The average Bonchev–Trinajstić information content (AvgIpc) is 2.40. The van der Waals surface area contributed by atoms with Gasteiger partial charge >= 0.3 is 0 Å². The van der Waals surface area contributed by atoms with Crippen molar-refractivity contribution in [2.24, 2.45) is 0 Å². The molecule has 0 atom stereocenters. The highest BCUT2D eigenvalue weighted by Crippen LogP contribution is 2.24. The Hall–Kier alpha value is -1.13. The number of hydrogen-bond acceptors (Lipinski definition) is 3. The predicted octanol–water partition coefficient (Wildman–Crippen LogP) is 4.42. The van der Waals surface area contributed by atoms with Crippen molar-refractivity contribution < 1.29 is 4.74 Å². The lowest BCUT2D eigenvalue weighted by Crippen LogP contribution is -2.02. The van der Waals surface area contributed by atoms with Crippen molar-refractivity contribution in [3.8, 4) is 5.88 Å². The van der Waals surface area contributed by atoms with Crippen molar-refractivity contribution in [1.29, 1.82) is 0 Å². The molecule has 0 fully saturated rings. The molecular weight excluding hydrogens is 328 g/mol. The van der Waals surface area contributed by atoms with Crippen molar-refractivity contribution >= 4 is 27.5 Å².